The molecule has 2 N–H and O–H groups in total. The number of thioether (sulfide) groups is 1. The van der Waals surface area contributed by atoms with Gasteiger partial charge in [0.25, 0.3) is 5.91 Å². The molecular formula is C29H24N4O4S4. The van der Waals surface area contributed by atoms with Crippen LogP contribution in [0.4, 0.5) is 0 Å². The van der Waals surface area contributed by atoms with Crippen molar-refractivity contribution in [2.24, 2.45) is 0 Å². The Kier molecular flexibility index (Phi) is 8.26. The molecule has 1 fully saturated rings. The third-order valence-corrected chi connectivity index (χ3v) is 9.98. The molecule has 2 amide bonds. The summed E-state index contributed by atoms with van der Waals surface area (Å²) in [6.07, 6.45) is -0.295. The predicted octanol–water partition coefficient (Wildman–Crippen LogP) is 4.58. The van der Waals surface area contributed by atoms with Gasteiger partial charge in [-0.25, -0.2) is 0 Å². The number of ether oxygens (including phenoxy) is 1. The minimum Gasteiger partial charge on any atom is -0.469 e. The minimum atomic E-state index is -0.674. The third-order valence-electron chi connectivity index (χ3n) is 6.71. The summed E-state index contributed by atoms with van der Waals surface area (Å²) in [6, 6.07) is 20.8. The van der Waals surface area contributed by atoms with Crippen molar-refractivity contribution in [3.8, 4) is 0 Å². The van der Waals surface area contributed by atoms with Crippen LogP contribution in [0.1, 0.15) is 32.8 Å². The van der Waals surface area contributed by atoms with Crippen LogP contribution in [0.5, 0.6) is 0 Å². The number of rotatable bonds is 9. The average Bonchev–Trinajstić information content (AvgIpc) is 3.71. The fraction of sp³-hybridized carbons (Fsp3) is 0.207. The maximum atomic E-state index is 13.6. The molecule has 2 aromatic heterocycles. The van der Waals surface area contributed by atoms with Crippen molar-refractivity contribution >= 4 is 69.1 Å². The zero-order chi connectivity index (χ0) is 28.3. The molecule has 2 aromatic carbocycles. The van der Waals surface area contributed by atoms with Crippen molar-refractivity contribution in [3.63, 3.8) is 0 Å². The van der Waals surface area contributed by atoms with E-state index in [-0.39, 0.29) is 35.3 Å². The van der Waals surface area contributed by atoms with E-state index in [1.54, 1.807) is 4.90 Å². The molecule has 6 rings (SSSR count). The van der Waals surface area contributed by atoms with Gasteiger partial charge < -0.3 is 15.2 Å². The highest BCUT2D eigenvalue weighted by molar-refractivity contribution is 8.00. The number of amides is 2. The molecule has 2 atom stereocenters. The topological polar surface area (TPSA) is 105 Å². The van der Waals surface area contributed by atoms with Gasteiger partial charge in [-0.1, -0.05) is 72.0 Å². The molecule has 4 aromatic rings. The highest BCUT2D eigenvalue weighted by Crippen LogP contribution is 2.45. The van der Waals surface area contributed by atoms with Crippen LogP contribution < -0.4 is 5.32 Å². The first-order valence-corrected chi connectivity index (χ1v) is 16.0. The van der Waals surface area contributed by atoms with E-state index in [0.29, 0.717) is 27.0 Å². The van der Waals surface area contributed by atoms with Gasteiger partial charge >= 0.3 is 0 Å². The second-order valence-corrected chi connectivity index (χ2v) is 12.7. The SMILES string of the molecule is O=C(Cc1ccsc1)N[C@@H]1C(=O)N2C(C(=S)OC(c3ccccc3)c3ccccc3)=C(c3nnc(CO)s3)CS[C@H]12. The van der Waals surface area contributed by atoms with E-state index < -0.39 is 12.1 Å². The number of hydrogen-bond acceptors (Lipinski definition) is 10. The number of fused-ring (bicyclic) bond motifs is 1. The lowest BCUT2D eigenvalue weighted by Gasteiger charge is -2.50. The van der Waals surface area contributed by atoms with Crippen LogP contribution in [0, 0.1) is 0 Å². The van der Waals surface area contributed by atoms with Crippen molar-refractivity contribution in [2.45, 2.75) is 30.5 Å². The summed E-state index contributed by atoms with van der Waals surface area (Å²) < 4.78 is 6.53. The highest BCUT2D eigenvalue weighted by atomic mass is 32.2. The number of thiocarbonyl (C=S) groups is 1. The van der Waals surface area contributed by atoms with Crippen molar-refractivity contribution in [1.29, 1.82) is 0 Å². The second-order valence-electron chi connectivity index (χ2n) is 9.36. The third kappa shape index (κ3) is 5.70. The number of carbonyl (C=O) groups is 2. The Labute approximate surface area is 254 Å². The van der Waals surface area contributed by atoms with Gasteiger partial charge in [-0.3, -0.25) is 14.5 Å². The van der Waals surface area contributed by atoms with Crippen molar-refractivity contribution in [1.82, 2.24) is 20.4 Å². The summed E-state index contributed by atoms with van der Waals surface area (Å²) in [5.74, 6) is 0.00949. The molecule has 0 radical (unpaired) electrons. The van der Waals surface area contributed by atoms with Crippen LogP contribution in [-0.4, -0.2) is 54.2 Å². The summed E-state index contributed by atoms with van der Waals surface area (Å²) in [4.78, 5) is 27.9. The normalized spacial score (nSPS) is 18.2. The van der Waals surface area contributed by atoms with E-state index in [0.717, 1.165) is 16.7 Å². The van der Waals surface area contributed by atoms with E-state index in [1.807, 2.05) is 77.5 Å². The lowest BCUT2D eigenvalue weighted by Crippen LogP contribution is -2.70. The Morgan fingerprint density at radius 1 is 1.10 bits per heavy atom. The maximum absolute atomic E-state index is 13.6. The molecule has 0 spiro atoms. The molecule has 0 aliphatic carbocycles. The number of benzene rings is 2. The van der Waals surface area contributed by atoms with Crippen LogP contribution >= 0.6 is 46.7 Å². The minimum absolute atomic E-state index is 0.153. The molecule has 1 saturated heterocycles. The smallest absolute Gasteiger partial charge is 0.253 e. The quantitative estimate of drug-likeness (QED) is 0.207. The standard InChI is InChI=1S/C29H24N4O4S4/c34-14-22-31-32-26(41-22)20-16-40-28-23(30-21(35)13-17-11-12-39-15-17)27(36)33(28)24(20)29(38)37-25(18-7-3-1-4-8-18)19-9-5-2-6-10-19/h1-12,15,23,25,28,34H,13-14,16H2,(H,30,35)/t23-,28-/m1/s1. The fourth-order valence-electron chi connectivity index (χ4n) is 4.76. The van der Waals surface area contributed by atoms with E-state index in [1.165, 1.54) is 34.4 Å². The van der Waals surface area contributed by atoms with Gasteiger partial charge in [0.15, 0.2) is 0 Å². The zero-order valence-corrected chi connectivity index (χ0v) is 24.8. The zero-order valence-electron chi connectivity index (χ0n) is 21.5. The molecular weight excluding hydrogens is 597 g/mol. The summed E-state index contributed by atoms with van der Waals surface area (Å²) in [6.45, 7) is -0.234. The van der Waals surface area contributed by atoms with Gasteiger partial charge in [-0.2, -0.15) is 11.3 Å². The summed E-state index contributed by atoms with van der Waals surface area (Å²) in [7, 11) is 0. The number of nitrogens with zero attached hydrogens (tertiary/aromatic N) is 3. The molecule has 2 aliphatic rings. The van der Waals surface area contributed by atoms with E-state index in [2.05, 4.69) is 15.5 Å². The van der Waals surface area contributed by atoms with Crippen LogP contribution in [0.15, 0.2) is 83.2 Å². The Morgan fingerprint density at radius 2 is 1.80 bits per heavy atom. The van der Waals surface area contributed by atoms with Gasteiger partial charge in [-0.15, -0.1) is 22.0 Å². The number of nitrogens with one attached hydrogen (secondary N) is 1. The Morgan fingerprint density at radius 3 is 2.41 bits per heavy atom. The first kappa shape index (κ1) is 27.7. The largest absolute Gasteiger partial charge is 0.469 e. The lowest BCUT2D eigenvalue weighted by molar-refractivity contribution is -0.145. The second kappa shape index (κ2) is 12.2. The van der Waals surface area contributed by atoms with Gasteiger partial charge in [0.1, 0.15) is 33.2 Å². The number of aromatic nitrogens is 2. The van der Waals surface area contributed by atoms with Crippen molar-refractivity contribution in [2.75, 3.05) is 5.75 Å². The molecule has 0 unspecified atom stereocenters. The van der Waals surface area contributed by atoms with Crippen molar-refractivity contribution in [3.05, 3.63) is 110 Å². The van der Waals surface area contributed by atoms with Crippen LogP contribution in [0.25, 0.3) is 5.57 Å². The number of hydrogen-bond donors (Lipinski definition) is 2. The number of aliphatic hydroxyl groups is 1. The average molecular weight is 621 g/mol. The van der Waals surface area contributed by atoms with Crippen LogP contribution in [0.2, 0.25) is 0 Å². The molecule has 208 valence electrons. The lowest BCUT2D eigenvalue weighted by atomic mass is 10.0. The van der Waals surface area contributed by atoms with Gasteiger partial charge in [0, 0.05) is 11.3 Å². The Balaban J connectivity index is 1.32. The van der Waals surface area contributed by atoms with Crippen LogP contribution in [-0.2, 0) is 27.4 Å². The first-order chi connectivity index (χ1) is 20.0. The van der Waals surface area contributed by atoms with Crippen molar-refractivity contribution < 1.29 is 19.4 Å². The van der Waals surface area contributed by atoms with Gasteiger partial charge in [0.05, 0.1) is 13.0 Å². The highest BCUT2D eigenvalue weighted by Gasteiger charge is 2.54. The molecule has 41 heavy (non-hydrogen) atoms. The van der Waals surface area contributed by atoms with E-state index in [4.69, 9.17) is 17.0 Å². The monoisotopic (exact) mass is 620 g/mol. The first-order valence-electron chi connectivity index (χ1n) is 12.8. The van der Waals surface area contributed by atoms with Gasteiger partial charge in [0.2, 0.25) is 11.0 Å². The maximum Gasteiger partial charge on any atom is 0.253 e. The number of thiophene rings is 1. The molecule has 4 heterocycles. The number of β-lactam (4-membered cyclic amide) rings is 1. The summed E-state index contributed by atoms with van der Waals surface area (Å²) in [5.41, 5.74) is 3.90. The fourth-order valence-corrected chi connectivity index (χ4v) is 7.93. The van der Waals surface area contributed by atoms with Gasteiger partial charge in [-0.05, 0) is 45.7 Å². The molecule has 12 heteroatoms. The van der Waals surface area contributed by atoms with E-state index >= 15 is 0 Å². The molecule has 0 bridgehead atoms. The Bertz CT molecular complexity index is 1550. The molecule has 0 saturated carbocycles. The number of aliphatic hydroxyl groups excluding tert-OH is 1. The predicted molar refractivity (Wildman–Crippen MR) is 164 cm³/mol. The molecule has 8 nitrogen and oxygen atoms in total. The summed E-state index contributed by atoms with van der Waals surface area (Å²) in [5, 5.41) is 25.5. The van der Waals surface area contributed by atoms with E-state index in [9.17, 15) is 14.7 Å². The summed E-state index contributed by atoms with van der Waals surface area (Å²) >= 11 is 10.2. The number of carbonyl (C=O) groups excluding carboxylic acids is 2. The molecule has 2 aliphatic heterocycles. The Hall–Kier alpha value is -3.42. The van der Waals surface area contributed by atoms with Crippen LogP contribution in [0.3, 0.4) is 0 Å².